The van der Waals surface area contributed by atoms with Crippen LogP contribution in [0, 0.1) is 22.0 Å². The fourth-order valence-electron chi connectivity index (χ4n) is 4.41. The van der Waals surface area contributed by atoms with E-state index in [0.29, 0.717) is 23.4 Å². The molecular formula is C29H26N4O6. The van der Waals surface area contributed by atoms with E-state index in [4.69, 9.17) is 9.47 Å². The molecule has 0 spiro atoms. The Labute approximate surface area is 224 Å². The van der Waals surface area contributed by atoms with Gasteiger partial charge in [-0.1, -0.05) is 36.1 Å². The first-order valence-corrected chi connectivity index (χ1v) is 12.0. The summed E-state index contributed by atoms with van der Waals surface area (Å²) in [5.41, 5.74) is 3.29. The number of nitro benzene ring substituents is 1. The Morgan fingerprint density at radius 1 is 1.08 bits per heavy atom. The van der Waals surface area contributed by atoms with Crippen LogP contribution < -0.4 is 5.32 Å². The number of nitrogens with zero attached hydrogens (tertiary/aromatic N) is 2. The number of hydrogen-bond donors (Lipinski definition) is 2. The number of carbonyl (C=O) groups excluding carboxylic acids is 2. The molecule has 0 bridgehead atoms. The first-order valence-electron chi connectivity index (χ1n) is 12.0. The molecule has 198 valence electrons. The number of non-ortho nitro benzene ring substituents is 1. The lowest BCUT2D eigenvalue weighted by Gasteiger charge is -2.30. The molecule has 1 unspecified atom stereocenters. The number of allylic oxidation sites excluding steroid dienone is 2. The molecule has 1 aliphatic rings. The number of ether oxygens (including phenoxy) is 2. The smallest absolute Gasteiger partial charge is 0.337 e. The van der Waals surface area contributed by atoms with Gasteiger partial charge in [-0.3, -0.25) is 10.1 Å². The molecule has 0 fully saturated rings. The first kappa shape index (κ1) is 26.9. The van der Waals surface area contributed by atoms with Crippen molar-refractivity contribution in [2.45, 2.75) is 26.2 Å². The van der Waals surface area contributed by atoms with Crippen LogP contribution in [0.5, 0.6) is 0 Å². The molecular weight excluding hydrogens is 500 g/mol. The van der Waals surface area contributed by atoms with Crippen molar-refractivity contribution in [3.8, 4) is 11.8 Å². The van der Waals surface area contributed by atoms with Crippen LogP contribution in [-0.2, 0) is 25.5 Å². The summed E-state index contributed by atoms with van der Waals surface area (Å²) in [5.74, 6) is 4.38. The average Bonchev–Trinajstić information content (AvgIpc) is 3.44. The molecule has 1 atom stereocenters. The van der Waals surface area contributed by atoms with Crippen LogP contribution in [0.25, 0.3) is 0 Å². The maximum absolute atomic E-state index is 13.3. The molecule has 10 heteroatoms. The standard InChI is InChI=1S/C29H26N4O6/c1-18-25(28(34)38-3)27(22-7-4-8-23(17-22)33(36)37)26(19(2)32-18)29(35)39-15-5-6-20-9-11-21(12-10-20)16-24-30-13-14-31-24/h4,7-14,17,27,32H,15-16H2,1-3H3,(H,30,31). The minimum absolute atomic E-state index is 0.144. The fourth-order valence-corrected chi connectivity index (χ4v) is 4.41. The van der Waals surface area contributed by atoms with Gasteiger partial charge in [0.25, 0.3) is 5.69 Å². The van der Waals surface area contributed by atoms with Gasteiger partial charge in [0.05, 0.1) is 29.1 Å². The molecule has 0 saturated heterocycles. The van der Waals surface area contributed by atoms with E-state index in [0.717, 1.165) is 17.0 Å². The van der Waals surface area contributed by atoms with Crippen LogP contribution in [0.4, 0.5) is 5.69 Å². The molecule has 0 radical (unpaired) electrons. The van der Waals surface area contributed by atoms with Gasteiger partial charge in [-0.25, -0.2) is 14.6 Å². The number of methoxy groups -OCH3 is 1. The Morgan fingerprint density at radius 3 is 2.44 bits per heavy atom. The predicted molar refractivity (Wildman–Crippen MR) is 142 cm³/mol. The van der Waals surface area contributed by atoms with Crippen molar-refractivity contribution in [1.29, 1.82) is 0 Å². The number of aromatic amines is 1. The normalized spacial score (nSPS) is 14.7. The highest BCUT2D eigenvalue weighted by Gasteiger charge is 2.38. The van der Waals surface area contributed by atoms with Gasteiger partial charge in [0.2, 0.25) is 0 Å². The highest BCUT2D eigenvalue weighted by atomic mass is 16.6. The zero-order chi connectivity index (χ0) is 27.9. The van der Waals surface area contributed by atoms with Crippen molar-refractivity contribution < 1.29 is 24.0 Å². The summed E-state index contributed by atoms with van der Waals surface area (Å²) in [6, 6.07) is 13.5. The Bertz CT molecular complexity index is 1530. The lowest BCUT2D eigenvalue weighted by atomic mass is 9.80. The highest BCUT2D eigenvalue weighted by Crippen LogP contribution is 2.40. The number of rotatable bonds is 7. The Balaban J connectivity index is 1.53. The molecule has 10 nitrogen and oxygen atoms in total. The molecule has 1 aliphatic heterocycles. The van der Waals surface area contributed by atoms with Gasteiger partial charge >= 0.3 is 11.9 Å². The molecule has 0 saturated carbocycles. The summed E-state index contributed by atoms with van der Waals surface area (Å²) in [6.45, 7) is 3.16. The second-order valence-corrected chi connectivity index (χ2v) is 8.77. The van der Waals surface area contributed by atoms with Crippen LogP contribution in [0.15, 0.2) is 83.5 Å². The van der Waals surface area contributed by atoms with E-state index < -0.39 is 22.8 Å². The van der Waals surface area contributed by atoms with E-state index in [1.165, 1.54) is 25.3 Å². The summed E-state index contributed by atoms with van der Waals surface area (Å²) in [6.07, 6.45) is 4.15. The third-order valence-corrected chi connectivity index (χ3v) is 6.19. The number of dihydropyridines is 1. The number of H-pyrrole nitrogens is 1. The van der Waals surface area contributed by atoms with Crippen LogP contribution in [0.2, 0.25) is 0 Å². The summed E-state index contributed by atoms with van der Waals surface area (Å²) in [5, 5.41) is 14.4. The average molecular weight is 527 g/mol. The SMILES string of the molecule is COC(=O)C1=C(C)NC(C)=C(C(=O)OCC#Cc2ccc(Cc3ncc[nH]3)cc2)C1c1cccc([N+](=O)[O-])c1. The van der Waals surface area contributed by atoms with Gasteiger partial charge in [-0.15, -0.1) is 0 Å². The number of hydrogen-bond acceptors (Lipinski definition) is 8. The number of esters is 2. The van der Waals surface area contributed by atoms with E-state index in [2.05, 4.69) is 27.1 Å². The third-order valence-electron chi connectivity index (χ3n) is 6.19. The number of nitrogens with one attached hydrogen (secondary N) is 2. The third kappa shape index (κ3) is 6.22. The number of carbonyl (C=O) groups is 2. The molecule has 0 aliphatic carbocycles. The van der Waals surface area contributed by atoms with E-state index in [-0.39, 0.29) is 23.4 Å². The Morgan fingerprint density at radius 2 is 1.79 bits per heavy atom. The van der Waals surface area contributed by atoms with E-state index in [1.807, 2.05) is 24.3 Å². The molecule has 2 aromatic carbocycles. The lowest BCUT2D eigenvalue weighted by molar-refractivity contribution is -0.384. The summed E-state index contributed by atoms with van der Waals surface area (Å²) < 4.78 is 10.4. The maximum Gasteiger partial charge on any atom is 0.337 e. The zero-order valence-electron chi connectivity index (χ0n) is 21.6. The maximum atomic E-state index is 13.3. The lowest BCUT2D eigenvalue weighted by Crippen LogP contribution is -2.32. The van der Waals surface area contributed by atoms with Crippen molar-refractivity contribution in [2.75, 3.05) is 13.7 Å². The van der Waals surface area contributed by atoms with Crippen molar-refractivity contribution in [2.24, 2.45) is 0 Å². The molecule has 2 N–H and O–H groups in total. The van der Waals surface area contributed by atoms with Gasteiger partial charge in [0.1, 0.15) is 5.82 Å². The highest BCUT2D eigenvalue weighted by molar-refractivity contribution is 6.00. The molecule has 1 aromatic heterocycles. The van der Waals surface area contributed by atoms with Crippen molar-refractivity contribution in [3.63, 3.8) is 0 Å². The minimum atomic E-state index is -0.930. The van der Waals surface area contributed by atoms with Crippen molar-refractivity contribution >= 4 is 17.6 Å². The number of aromatic nitrogens is 2. The van der Waals surface area contributed by atoms with E-state index >= 15 is 0 Å². The summed E-state index contributed by atoms with van der Waals surface area (Å²) in [7, 11) is 1.23. The number of benzene rings is 2. The van der Waals surface area contributed by atoms with Gasteiger partial charge in [-0.2, -0.15) is 0 Å². The second-order valence-electron chi connectivity index (χ2n) is 8.77. The second kappa shape index (κ2) is 11.9. The van der Waals surface area contributed by atoms with Gasteiger partial charge in [-0.05, 0) is 37.1 Å². The predicted octanol–water partition coefficient (Wildman–Crippen LogP) is 3.91. The quantitative estimate of drug-likeness (QED) is 0.205. The van der Waals surface area contributed by atoms with Crippen LogP contribution in [-0.4, -0.2) is 40.5 Å². The van der Waals surface area contributed by atoms with E-state index in [9.17, 15) is 19.7 Å². The number of nitro groups is 1. The topological polar surface area (TPSA) is 136 Å². The monoisotopic (exact) mass is 526 g/mol. The first-order chi connectivity index (χ1) is 18.8. The van der Waals surface area contributed by atoms with Crippen LogP contribution in [0.1, 0.15) is 42.3 Å². The fraction of sp³-hybridized carbons (Fsp3) is 0.207. The molecule has 0 amide bonds. The summed E-state index contributed by atoms with van der Waals surface area (Å²) >= 11 is 0. The number of imidazole rings is 1. The molecule has 4 rings (SSSR count). The van der Waals surface area contributed by atoms with Crippen molar-refractivity contribution in [3.05, 3.63) is 116 Å². The summed E-state index contributed by atoms with van der Waals surface area (Å²) in [4.78, 5) is 44.1. The van der Waals surface area contributed by atoms with Gasteiger partial charge < -0.3 is 19.8 Å². The van der Waals surface area contributed by atoms with Crippen LogP contribution in [0.3, 0.4) is 0 Å². The Kier molecular flexibility index (Phi) is 8.21. The van der Waals surface area contributed by atoms with Crippen LogP contribution >= 0.6 is 0 Å². The molecule has 3 aromatic rings. The van der Waals surface area contributed by atoms with Crippen molar-refractivity contribution in [1.82, 2.24) is 15.3 Å². The minimum Gasteiger partial charge on any atom is -0.466 e. The molecule has 2 heterocycles. The van der Waals surface area contributed by atoms with Gasteiger partial charge in [0.15, 0.2) is 6.61 Å². The van der Waals surface area contributed by atoms with Gasteiger partial charge in [0, 0.05) is 47.9 Å². The Hall–Kier alpha value is -5.17. The molecule has 39 heavy (non-hydrogen) atoms. The zero-order valence-corrected chi connectivity index (χ0v) is 21.6. The van der Waals surface area contributed by atoms with E-state index in [1.54, 1.807) is 32.3 Å². The largest absolute Gasteiger partial charge is 0.466 e.